The summed E-state index contributed by atoms with van der Waals surface area (Å²) in [5.74, 6) is 1.73. The number of hydrogen-bond donors (Lipinski definition) is 1. The second-order valence-electron chi connectivity index (χ2n) is 8.64. The molecule has 0 spiro atoms. The number of nitrogens with one attached hydrogen (secondary N) is 1. The summed E-state index contributed by atoms with van der Waals surface area (Å²) in [5, 5.41) is 3.13. The van der Waals surface area contributed by atoms with Gasteiger partial charge in [0, 0.05) is 37.4 Å². The molecule has 160 valence electrons. The van der Waals surface area contributed by atoms with Gasteiger partial charge in [-0.25, -0.2) is 0 Å². The number of furan rings is 1. The Morgan fingerprint density at radius 2 is 1.70 bits per heavy atom. The van der Waals surface area contributed by atoms with Crippen molar-refractivity contribution >= 4 is 11.8 Å². The second kappa shape index (κ2) is 9.96. The molecule has 2 aromatic rings. The van der Waals surface area contributed by atoms with E-state index in [1.807, 2.05) is 35.2 Å². The van der Waals surface area contributed by atoms with Gasteiger partial charge < -0.3 is 14.6 Å². The van der Waals surface area contributed by atoms with Crippen molar-refractivity contribution in [3.63, 3.8) is 0 Å². The van der Waals surface area contributed by atoms with Gasteiger partial charge in [0.25, 0.3) is 0 Å². The SMILES string of the molecule is O=C(NCC[C@@H](c1ccccc1)c1ccco1)C1CCN(C(=O)C2CCCC2)CC1. The van der Waals surface area contributed by atoms with Gasteiger partial charge in [0.15, 0.2) is 0 Å². The summed E-state index contributed by atoms with van der Waals surface area (Å²) >= 11 is 0. The molecule has 0 bridgehead atoms. The molecule has 2 aliphatic rings. The number of benzene rings is 1. The molecule has 5 heteroatoms. The third kappa shape index (κ3) is 4.94. The third-order valence-corrected chi connectivity index (χ3v) is 6.70. The Labute approximate surface area is 178 Å². The highest BCUT2D eigenvalue weighted by Crippen LogP contribution is 2.29. The van der Waals surface area contributed by atoms with Gasteiger partial charge in [-0.2, -0.15) is 0 Å². The molecule has 30 heavy (non-hydrogen) atoms. The van der Waals surface area contributed by atoms with Gasteiger partial charge in [0.05, 0.1) is 6.26 Å². The van der Waals surface area contributed by atoms with Crippen molar-refractivity contribution in [2.75, 3.05) is 19.6 Å². The van der Waals surface area contributed by atoms with Crippen LogP contribution < -0.4 is 5.32 Å². The number of rotatable bonds is 7. The fourth-order valence-electron chi connectivity index (χ4n) is 4.93. The van der Waals surface area contributed by atoms with E-state index in [0.29, 0.717) is 25.5 Å². The molecular weight excluding hydrogens is 376 g/mol. The first-order valence-electron chi connectivity index (χ1n) is 11.4. The molecule has 4 rings (SSSR count). The maximum absolute atomic E-state index is 12.7. The van der Waals surface area contributed by atoms with Crippen molar-refractivity contribution < 1.29 is 14.0 Å². The Balaban J connectivity index is 1.25. The van der Waals surface area contributed by atoms with E-state index in [9.17, 15) is 9.59 Å². The molecule has 1 aliphatic carbocycles. The van der Waals surface area contributed by atoms with Gasteiger partial charge >= 0.3 is 0 Å². The summed E-state index contributed by atoms with van der Waals surface area (Å²) in [6.07, 6.45) is 8.46. The van der Waals surface area contributed by atoms with E-state index in [0.717, 1.165) is 37.9 Å². The molecule has 1 aromatic heterocycles. The molecule has 2 heterocycles. The van der Waals surface area contributed by atoms with Crippen LogP contribution in [0.3, 0.4) is 0 Å². The van der Waals surface area contributed by atoms with Crippen LogP contribution in [0, 0.1) is 11.8 Å². The molecular formula is C25H32N2O3. The predicted molar refractivity (Wildman–Crippen MR) is 116 cm³/mol. The largest absolute Gasteiger partial charge is 0.469 e. The summed E-state index contributed by atoms with van der Waals surface area (Å²) in [7, 11) is 0. The number of carbonyl (C=O) groups excluding carboxylic acids is 2. The second-order valence-corrected chi connectivity index (χ2v) is 8.64. The summed E-state index contributed by atoms with van der Waals surface area (Å²) in [4.78, 5) is 27.3. The van der Waals surface area contributed by atoms with Gasteiger partial charge in [-0.15, -0.1) is 0 Å². The zero-order valence-corrected chi connectivity index (χ0v) is 17.6. The minimum Gasteiger partial charge on any atom is -0.469 e. The van der Waals surface area contributed by atoms with Crippen LogP contribution in [0.4, 0.5) is 0 Å². The molecule has 5 nitrogen and oxygen atoms in total. The number of hydrogen-bond acceptors (Lipinski definition) is 3. The van der Waals surface area contributed by atoms with E-state index in [-0.39, 0.29) is 23.7 Å². The Morgan fingerprint density at radius 1 is 0.967 bits per heavy atom. The van der Waals surface area contributed by atoms with Gasteiger partial charge in [-0.3, -0.25) is 9.59 Å². The van der Waals surface area contributed by atoms with Crippen molar-refractivity contribution in [2.45, 2.75) is 50.9 Å². The zero-order chi connectivity index (χ0) is 20.8. The topological polar surface area (TPSA) is 62.6 Å². The average Bonchev–Trinajstić information content (AvgIpc) is 3.51. The summed E-state index contributed by atoms with van der Waals surface area (Å²) in [5.41, 5.74) is 1.19. The predicted octanol–water partition coefficient (Wildman–Crippen LogP) is 4.35. The third-order valence-electron chi connectivity index (χ3n) is 6.70. The van der Waals surface area contributed by atoms with Crippen molar-refractivity contribution in [1.29, 1.82) is 0 Å². The molecule has 2 amide bonds. The molecule has 2 fully saturated rings. The fourth-order valence-corrected chi connectivity index (χ4v) is 4.93. The van der Waals surface area contributed by atoms with Crippen LogP contribution in [0.1, 0.15) is 62.2 Å². The standard InChI is InChI=1S/C25H32N2O3/c28-24(20-13-16-27(17-14-20)25(29)21-9-4-5-10-21)26-15-12-22(23-11-6-18-30-23)19-7-2-1-3-8-19/h1-3,6-8,11,18,20-22H,4-5,9-10,12-17H2,(H,26,28)/t22-/m0/s1. The van der Waals surface area contributed by atoms with E-state index in [4.69, 9.17) is 4.42 Å². The van der Waals surface area contributed by atoms with Crippen LogP contribution in [0.25, 0.3) is 0 Å². The number of carbonyl (C=O) groups is 2. The lowest BCUT2D eigenvalue weighted by molar-refractivity contribution is -0.139. The monoisotopic (exact) mass is 408 g/mol. The molecule has 1 aliphatic heterocycles. The quantitative estimate of drug-likeness (QED) is 0.741. The van der Waals surface area contributed by atoms with Crippen LogP contribution in [-0.4, -0.2) is 36.3 Å². The van der Waals surface area contributed by atoms with Gasteiger partial charge in [0.2, 0.25) is 11.8 Å². The number of likely N-dealkylation sites (tertiary alicyclic amines) is 1. The molecule has 1 saturated carbocycles. The maximum Gasteiger partial charge on any atom is 0.225 e. The van der Waals surface area contributed by atoms with Gasteiger partial charge in [-0.05, 0) is 49.8 Å². The van der Waals surface area contributed by atoms with E-state index in [1.54, 1.807) is 6.26 Å². The molecule has 1 N–H and O–H groups in total. The minimum atomic E-state index is 0.0106. The molecule has 1 aromatic carbocycles. The number of amides is 2. The Bertz CT molecular complexity index is 804. The highest BCUT2D eigenvalue weighted by atomic mass is 16.3. The molecule has 1 atom stereocenters. The maximum atomic E-state index is 12.7. The first-order chi connectivity index (χ1) is 14.7. The van der Waals surface area contributed by atoms with E-state index >= 15 is 0 Å². The smallest absolute Gasteiger partial charge is 0.225 e. The van der Waals surface area contributed by atoms with Crippen LogP contribution in [0.5, 0.6) is 0 Å². The first-order valence-corrected chi connectivity index (χ1v) is 11.4. The van der Waals surface area contributed by atoms with Crippen LogP contribution in [0.15, 0.2) is 53.1 Å². The number of piperidine rings is 1. The van der Waals surface area contributed by atoms with Crippen molar-refractivity contribution in [2.24, 2.45) is 11.8 Å². The average molecular weight is 409 g/mol. The molecule has 0 unspecified atom stereocenters. The van der Waals surface area contributed by atoms with Crippen molar-refractivity contribution in [1.82, 2.24) is 10.2 Å². The summed E-state index contributed by atoms with van der Waals surface area (Å²) < 4.78 is 5.65. The van der Waals surface area contributed by atoms with E-state index in [2.05, 4.69) is 17.4 Å². The molecule has 1 saturated heterocycles. The number of nitrogens with zero attached hydrogens (tertiary/aromatic N) is 1. The molecule has 0 radical (unpaired) electrons. The van der Waals surface area contributed by atoms with E-state index in [1.165, 1.54) is 18.4 Å². The van der Waals surface area contributed by atoms with Crippen molar-refractivity contribution in [3.8, 4) is 0 Å². The lowest BCUT2D eigenvalue weighted by Crippen LogP contribution is -2.44. The summed E-state index contributed by atoms with van der Waals surface area (Å²) in [6.45, 7) is 2.04. The lowest BCUT2D eigenvalue weighted by Gasteiger charge is -2.33. The van der Waals surface area contributed by atoms with Crippen molar-refractivity contribution in [3.05, 3.63) is 60.1 Å². The zero-order valence-electron chi connectivity index (χ0n) is 17.6. The summed E-state index contributed by atoms with van der Waals surface area (Å²) in [6, 6.07) is 14.2. The Hall–Kier alpha value is -2.56. The fraction of sp³-hybridized carbons (Fsp3) is 0.520. The van der Waals surface area contributed by atoms with Crippen LogP contribution in [-0.2, 0) is 9.59 Å². The first kappa shape index (κ1) is 20.7. The minimum absolute atomic E-state index is 0.0106. The van der Waals surface area contributed by atoms with Crippen LogP contribution in [0.2, 0.25) is 0 Å². The van der Waals surface area contributed by atoms with E-state index < -0.39 is 0 Å². The van der Waals surface area contributed by atoms with Crippen LogP contribution >= 0.6 is 0 Å². The van der Waals surface area contributed by atoms with Gasteiger partial charge in [0.1, 0.15) is 5.76 Å². The normalized spacial score (nSPS) is 19.0. The Morgan fingerprint density at radius 3 is 2.37 bits per heavy atom. The highest BCUT2D eigenvalue weighted by Gasteiger charge is 2.32. The highest BCUT2D eigenvalue weighted by molar-refractivity contribution is 5.81. The lowest BCUT2D eigenvalue weighted by atomic mass is 9.92. The van der Waals surface area contributed by atoms with Gasteiger partial charge in [-0.1, -0.05) is 43.2 Å². The Kier molecular flexibility index (Phi) is 6.88.